The van der Waals surface area contributed by atoms with E-state index in [4.69, 9.17) is 0 Å². The molecule has 298 valence electrons. The van der Waals surface area contributed by atoms with Crippen molar-refractivity contribution in [2.24, 2.45) is 0 Å². The molecule has 0 fully saturated rings. The number of hydrogen-bond acceptors (Lipinski definition) is 4. The molecular formula is C51H66N2O3. The number of unbranched alkanes of at least 4 members (excludes halogenated alkanes) is 4. The van der Waals surface area contributed by atoms with Crippen molar-refractivity contribution in [2.75, 3.05) is 23.3 Å². The smallest absolute Gasteiger partial charge is 0.303 e. The lowest BCUT2D eigenvalue weighted by atomic mass is 9.78. The van der Waals surface area contributed by atoms with E-state index >= 15 is 0 Å². The number of anilines is 2. The van der Waals surface area contributed by atoms with Crippen LogP contribution in [-0.4, -0.2) is 29.9 Å². The van der Waals surface area contributed by atoms with Crippen molar-refractivity contribution in [1.29, 1.82) is 0 Å². The molecular weight excluding hydrogens is 689 g/mol. The zero-order valence-electron chi connectivity index (χ0n) is 35.5. The Hall–Kier alpha value is -4.64. The first-order chi connectivity index (χ1) is 26.8. The van der Waals surface area contributed by atoms with Gasteiger partial charge in [-0.2, -0.15) is 0 Å². The highest BCUT2D eigenvalue weighted by atomic mass is 16.4. The quantitative estimate of drug-likeness (QED) is 0.0942. The fraction of sp³-hybridized carbons (Fsp3) is 0.451. The number of carboxylic acids is 1. The van der Waals surface area contributed by atoms with Crippen LogP contribution in [0.3, 0.4) is 0 Å². The maximum absolute atomic E-state index is 14.2. The fourth-order valence-electron chi connectivity index (χ4n) is 8.43. The number of carbonyl (C=O) groups is 2. The van der Waals surface area contributed by atoms with Crippen LogP contribution in [0.25, 0.3) is 5.57 Å². The topological polar surface area (TPSA) is 69.6 Å². The van der Waals surface area contributed by atoms with Gasteiger partial charge >= 0.3 is 5.97 Å². The summed E-state index contributed by atoms with van der Waals surface area (Å²) in [7, 11) is 0. The summed E-state index contributed by atoms with van der Waals surface area (Å²) in [4.78, 5) is 28.1. The van der Waals surface area contributed by atoms with E-state index in [0.29, 0.717) is 12.8 Å². The van der Waals surface area contributed by atoms with Crippen LogP contribution < -0.4 is 10.2 Å². The molecule has 2 N–H and O–H groups in total. The molecule has 1 heterocycles. The summed E-state index contributed by atoms with van der Waals surface area (Å²) in [6.45, 7) is 19.4. The second-order valence-corrected chi connectivity index (χ2v) is 17.1. The first-order valence-corrected chi connectivity index (χ1v) is 21.2. The van der Waals surface area contributed by atoms with Crippen molar-refractivity contribution in [3.8, 4) is 0 Å². The van der Waals surface area contributed by atoms with Crippen molar-refractivity contribution >= 4 is 28.7 Å². The number of aryl methyl sites for hydroxylation is 3. The van der Waals surface area contributed by atoms with Crippen LogP contribution >= 0.6 is 0 Å². The maximum atomic E-state index is 14.2. The summed E-state index contributed by atoms with van der Waals surface area (Å²) in [6.07, 6.45) is 18.7. The number of ketones is 1. The molecule has 0 bridgehead atoms. The minimum absolute atomic E-state index is 0.0806. The predicted octanol–water partition coefficient (Wildman–Crippen LogP) is 12.8. The number of carbonyl (C=O) groups excluding carboxylic acids is 1. The van der Waals surface area contributed by atoms with Gasteiger partial charge in [0.1, 0.15) is 0 Å². The summed E-state index contributed by atoms with van der Waals surface area (Å²) >= 11 is 0. The summed E-state index contributed by atoms with van der Waals surface area (Å²) in [5.41, 5.74) is 13.5. The van der Waals surface area contributed by atoms with Crippen LogP contribution in [-0.2, 0) is 26.8 Å². The summed E-state index contributed by atoms with van der Waals surface area (Å²) in [5, 5.41) is 12.9. The van der Waals surface area contributed by atoms with Gasteiger partial charge in [0.2, 0.25) is 0 Å². The van der Waals surface area contributed by atoms with Gasteiger partial charge in [-0.15, -0.1) is 0 Å². The van der Waals surface area contributed by atoms with Gasteiger partial charge in [-0.05, 0) is 129 Å². The highest BCUT2D eigenvalue weighted by Crippen LogP contribution is 2.49. The van der Waals surface area contributed by atoms with E-state index < -0.39 is 11.4 Å². The average Bonchev–Trinajstić information content (AvgIpc) is 3.66. The molecule has 0 saturated heterocycles. The van der Waals surface area contributed by atoms with Gasteiger partial charge in [-0.3, -0.25) is 9.59 Å². The molecule has 0 amide bonds. The molecule has 1 aliphatic heterocycles. The van der Waals surface area contributed by atoms with Crippen LogP contribution in [0.4, 0.5) is 11.4 Å². The summed E-state index contributed by atoms with van der Waals surface area (Å²) < 4.78 is 0. The SMILES string of the molecule is CCCCCNc1ccc(C)cc1C(C)(C)C(=O)C=CC1=C(c2cccc(CCCC(=O)O)c2)C(=CC=C2N(CCCCC)c3ccc(C)cc3C2(C)C)CC1. The number of benzene rings is 3. The van der Waals surface area contributed by atoms with E-state index in [2.05, 4.69) is 131 Å². The Bertz CT molecular complexity index is 2010. The molecule has 56 heavy (non-hydrogen) atoms. The van der Waals surface area contributed by atoms with Crippen molar-refractivity contribution < 1.29 is 14.7 Å². The van der Waals surface area contributed by atoms with Gasteiger partial charge in [-0.1, -0.05) is 125 Å². The largest absolute Gasteiger partial charge is 0.481 e. The van der Waals surface area contributed by atoms with E-state index in [1.807, 2.05) is 19.9 Å². The number of nitrogens with zero attached hydrogens (tertiary/aromatic N) is 1. The molecule has 5 rings (SSSR count). The molecule has 2 aliphatic rings. The lowest BCUT2D eigenvalue weighted by molar-refractivity contribution is -0.137. The zero-order valence-corrected chi connectivity index (χ0v) is 35.5. The van der Waals surface area contributed by atoms with E-state index in [0.717, 1.165) is 72.3 Å². The second-order valence-electron chi connectivity index (χ2n) is 17.1. The third-order valence-electron chi connectivity index (χ3n) is 11.8. The molecule has 0 aromatic heterocycles. The highest BCUT2D eigenvalue weighted by Gasteiger charge is 2.39. The standard InChI is InChI=1S/C51H66N2O3/c1-9-11-13-31-52-44-27-21-36(3)33-42(44)51(7,8)47(54)30-26-40-24-23-39(49(40)41-19-15-17-38(35-41)18-16-20-48(55)56)25-29-46-50(5,6)43-34-37(4)22-28-45(43)53(46)32-14-12-10-2/h15,17,19,21-22,25-30,33-35,52H,9-14,16,18,20,23-24,31-32H2,1-8H3,(H,55,56). The van der Waals surface area contributed by atoms with E-state index in [1.54, 1.807) is 0 Å². The normalized spacial score (nSPS) is 16.8. The van der Waals surface area contributed by atoms with Crippen molar-refractivity contribution in [1.82, 2.24) is 0 Å². The minimum atomic E-state index is -0.765. The third kappa shape index (κ3) is 10.0. The first-order valence-electron chi connectivity index (χ1n) is 21.2. The van der Waals surface area contributed by atoms with E-state index in [-0.39, 0.29) is 17.6 Å². The van der Waals surface area contributed by atoms with Gasteiger partial charge < -0.3 is 15.3 Å². The predicted molar refractivity (Wildman–Crippen MR) is 237 cm³/mol. The van der Waals surface area contributed by atoms with Crippen LogP contribution in [0, 0.1) is 13.8 Å². The van der Waals surface area contributed by atoms with Gasteiger partial charge in [0, 0.05) is 42.0 Å². The maximum Gasteiger partial charge on any atom is 0.303 e. The van der Waals surface area contributed by atoms with Crippen LogP contribution in [0.5, 0.6) is 0 Å². The first kappa shape index (κ1) is 42.5. The Morgan fingerprint density at radius 2 is 1.61 bits per heavy atom. The number of aliphatic carboxylic acids is 1. The Balaban J connectivity index is 1.54. The molecule has 1 aliphatic carbocycles. The zero-order chi connectivity index (χ0) is 40.5. The third-order valence-corrected chi connectivity index (χ3v) is 11.8. The molecule has 3 aromatic carbocycles. The summed E-state index contributed by atoms with van der Waals surface area (Å²) in [6, 6.07) is 21.9. The van der Waals surface area contributed by atoms with Crippen LogP contribution in [0.2, 0.25) is 0 Å². The van der Waals surface area contributed by atoms with E-state index in [9.17, 15) is 14.7 Å². The molecule has 5 nitrogen and oxygen atoms in total. The lowest BCUT2D eigenvalue weighted by Crippen LogP contribution is -2.29. The molecule has 0 atom stereocenters. The minimum Gasteiger partial charge on any atom is -0.481 e. The number of allylic oxidation sites excluding steroid dienone is 8. The lowest BCUT2D eigenvalue weighted by Gasteiger charge is -2.27. The molecule has 0 spiro atoms. The Kier molecular flexibility index (Phi) is 14.4. The van der Waals surface area contributed by atoms with Crippen molar-refractivity contribution in [3.63, 3.8) is 0 Å². The van der Waals surface area contributed by atoms with Gasteiger partial charge in [0.15, 0.2) is 5.78 Å². The second kappa shape index (κ2) is 19.0. The Labute approximate surface area is 337 Å². The number of carboxylic acid groups (broad SMARTS) is 1. The van der Waals surface area contributed by atoms with E-state index in [1.165, 1.54) is 59.3 Å². The number of rotatable bonds is 19. The average molecular weight is 755 g/mol. The van der Waals surface area contributed by atoms with Crippen LogP contribution in [0.15, 0.2) is 102 Å². The molecule has 3 aromatic rings. The van der Waals surface area contributed by atoms with Gasteiger partial charge in [0.05, 0.1) is 5.41 Å². The van der Waals surface area contributed by atoms with Gasteiger partial charge in [0.25, 0.3) is 0 Å². The monoisotopic (exact) mass is 755 g/mol. The van der Waals surface area contributed by atoms with Crippen LogP contribution in [0.1, 0.15) is 139 Å². The molecule has 0 unspecified atom stereocenters. The van der Waals surface area contributed by atoms with Gasteiger partial charge in [-0.25, -0.2) is 0 Å². The number of nitrogens with one attached hydrogen (secondary N) is 1. The molecule has 5 heteroatoms. The highest BCUT2D eigenvalue weighted by molar-refractivity contribution is 6.00. The van der Waals surface area contributed by atoms with Crippen molar-refractivity contribution in [3.05, 3.63) is 135 Å². The summed E-state index contributed by atoms with van der Waals surface area (Å²) in [5.74, 6) is -0.684. The number of fused-ring (bicyclic) bond motifs is 1. The number of hydrogen-bond donors (Lipinski definition) is 2. The van der Waals surface area contributed by atoms with Crippen molar-refractivity contribution in [2.45, 2.75) is 137 Å². The Morgan fingerprint density at radius 3 is 2.36 bits per heavy atom. The Morgan fingerprint density at radius 1 is 0.875 bits per heavy atom. The fourth-order valence-corrected chi connectivity index (χ4v) is 8.43. The molecule has 0 radical (unpaired) electrons. The molecule has 0 saturated carbocycles.